The van der Waals surface area contributed by atoms with Gasteiger partial charge in [0.15, 0.2) is 0 Å². The van der Waals surface area contributed by atoms with Crippen LogP contribution in [-0.4, -0.2) is 4.98 Å². The monoisotopic (exact) mass is 330 g/mol. The summed E-state index contributed by atoms with van der Waals surface area (Å²) < 4.78 is 1.29. The second kappa shape index (κ2) is 4.94. The number of benzene rings is 1. The fourth-order valence-electron chi connectivity index (χ4n) is 1.22. The Hall–Kier alpha value is -0.620. The standard InChI is InChI=1S/C11H11IN2S/c1-8-2-3-9(4-11(8)12)13-5-10-6-15-7-14-10/h2-4,6-7,13H,5H2,1H3. The van der Waals surface area contributed by atoms with Gasteiger partial charge in [-0.25, -0.2) is 4.98 Å². The van der Waals surface area contributed by atoms with Crippen LogP contribution in [0.4, 0.5) is 5.69 Å². The molecule has 2 aromatic rings. The fraction of sp³-hybridized carbons (Fsp3) is 0.182. The second-order valence-corrected chi connectivity index (χ2v) is 5.18. The van der Waals surface area contributed by atoms with E-state index in [1.165, 1.54) is 9.13 Å². The van der Waals surface area contributed by atoms with Crippen LogP contribution in [0.2, 0.25) is 0 Å². The van der Waals surface area contributed by atoms with E-state index >= 15 is 0 Å². The lowest BCUT2D eigenvalue weighted by molar-refractivity contribution is 1.07. The summed E-state index contributed by atoms with van der Waals surface area (Å²) in [5, 5.41) is 5.42. The van der Waals surface area contributed by atoms with E-state index in [4.69, 9.17) is 0 Å². The highest BCUT2D eigenvalue weighted by atomic mass is 127. The highest BCUT2D eigenvalue weighted by Crippen LogP contribution is 2.17. The number of thiazole rings is 1. The number of anilines is 1. The van der Waals surface area contributed by atoms with E-state index in [-0.39, 0.29) is 0 Å². The quantitative estimate of drug-likeness (QED) is 0.869. The molecule has 2 nitrogen and oxygen atoms in total. The summed E-state index contributed by atoms with van der Waals surface area (Å²) in [7, 11) is 0. The number of rotatable bonds is 3. The van der Waals surface area contributed by atoms with Crippen molar-refractivity contribution in [2.24, 2.45) is 0 Å². The molecule has 0 spiro atoms. The fourth-order valence-corrected chi connectivity index (χ4v) is 2.29. The minimum Gasteiger partial charge on any atom is -0.379 e. The molecule has 0 atom stereocenters. The van der Waals surface area contributed by atoms with Gasteiger partial charge in [-0.05, 0) is 47.2 Å². The molecule has 2 rings (SSSR count). The summed E-state index contributed by atoms with van der Waals surface area (Å²) in [6, 6.07) is 6.39. The minimum atomic E-state index is 0.794. The summed E-state index contributed by atoms with van der Waals surface area (Å²) in [5.41, 5.74) is 5.42. The van der Waals surface area contributed by atoms with Gasteiger partial charge in [-0.2, -0.15) is 0 Å². The Balaban J connectivity index is 2.02. The molecule has 0 saturated heterocycles. The molecule has 0 aliphatic carbocycles. The van der Waals surface area contributed by atoms with Crippen molar-refractivity contribution in [3.63, 3.8) is 0 Å². The summed E-state index contributed by atoms with van der Waals surface area (Å²) in [4.78, 5) is 4.23. The smallest absolute Gasteiger partial charge is 0.0795 e. The van der Waals surface area contributed by atoms with Crippen LogP contribution in [0.5, 0.6) is 0 Å². The maximum absolute atomic E-state index is 4.23. The molecular weight excluding hydrogens is 319 g/mol. The number of hydrogen-bond donors (Lipinski definition) is 1. The van der Waals surface area contributed by atoms with Gasteiger partial charge in [0.1, 0.15) is 0 Å². The highest BCUT2D eigenvalue weighted by molar-refractivity contribution is 14.1. The van der Waals surface area contributed by atoms with Crippen LogP contribution < -0.4 is 5.32 Å². The van der Waals surface area contributed by atoms with E-state index in [1.54, 1.807) is 11.3 Å². The molecule has 1 heterocycles. The number of halogens is 1. The molecule has 0 saturated carbocycles. The predicted octanol–water partition coefficient (Wildman–Crippen LogP) is 3.67. The Morgan fingerprint density at radius 3 is 3.00 bits per heavy atom. The maximum atomic E-state index is 4.23. The van der Waals surface area contributed by atoms with Crippen LogP contribution in [-0.2, 0) is 6.54 Å². The van der Waals surface area contributed by atoms with Crippen molar-refractivity contribution in [2.75, 3.05) is 5.32 Å². The lowest BCUT2D eigenvalue weighted by Gasteiger charge is -2.06. The topological polar surface area (TPSA) is 24.9 Å². The third-order valence-corrected chi connectivity index (χ3v) is 3.93. The van der Waals surface area contributed by atoms with Crippen molar-refractivity contribution in [1.29, 1.82) is 0 Å². The van der Waals surface area contributed by atoms with Crippen molar-refractivity contribution >= 4 is 39.6 Å². The van der Waals surface area contributed by atoms with Crippen LogP contribution in [0.1, 0.15) is 11.3 Å². The summed E-state index contributed by atoms with van der Waals surface area (Å²) >= 11 is 3.98. The highest BCUT2D eigenvalue weighted by Gasteiger charge is 1.98. The first-order valence-electron chi connectivity index (χ1n) is 4.63. The second-order valence-electron chi connectivity index (χ2n) is 3.30. The van der Waals surface area contributed by atoms with Crippen LogP contribution in [0, 0.1) is 10.5 Å². The van der Waals surface area contributed by atoms with E-state index in [0.29, 0.717) is 0 Å². The zero-order valence-corrected chi connectivity index (χ0v) is 11.3. The van der Waals surface area contributed by atoms with E-state index in [2.05, 4.69) is 63.4 Å². The number of hydrogen-bond acceptors (Lipinski definition) is 3. The van der Waals surface area contributed by atoms with Crippen molar-refractivity contribution in [2.45, 2.75) is 13.5 Å². The van der Waals surface area contributed by atoms with Gasteiger partial charge in [-0.1, -0.05) is 6.07 Å². The molecule has 0 radical (unpaired) electrons. The zero-order valence-electron chi connectivity index (χ0n) is 8.33. The van der Waals surface area contributed by atoms with E-state index in [9.17, 15) is 0 Å². The van der Waals surface area contributed by atoms with E-state index < -0.39 is 0 Å². The number of nitrogens with one attached hydrogen (secondary N) is 1. The molecule has 1 N–H and O–H groups in total. The van der Waals surface area contributed by atoms with Gasteiger partial charge in [0.25, 0.3) is 0 Å². The van der Waals surface area contributed by atoms with E-state index in [1.807, 2.05) is 5.51 Å². The van der Waals surface area contributed by atoms with Gasteiger partial charge in [-0.15, -0.1) is 11.3 Å². The average Bonchev–Trinajstić information content (AvgIpc) is 2.73. The molecule has 0 amide bonds. The van der Waals surface area contributed by atoms with Gasteiger partial charge in [-0.3, -0.25) is 0 Å². The van der Waals surface area contributed by atoms with Crippen molar-refractivity contribution < 1.29 is 0 Å². The Bertz CT molecular complexity index is 440. The first kappa shape index (κ1) is 10.9. The molecular formula is C11H11IN2S. The largest absolute Gasteiger partial charge is 0.379 e. The zero-order chi connectivity index (χ0) is 10.7. The van der Waals surface area contributed by atoms with Gasteiger partial charge in [0, 0.05) is 14.6 Å². The summed E-state index contributed by atoms with van der Waals surface area (Å²) in [6.07, 6.45) is 0. The Morgan fingerprint density at radius 1 is 1.47 bits per heavy atom. The molecule has 4 heteroatoms. The summed E-state index contributed by atoms with van der Waals surface area (Å²) in [6.45, 7) is 2.91. The number of aryl methyl sites for hydroxylation is 1. The third-order valence-electron chi connectivity index (χ3n) is 2.13. The first-order chi connectivity index (χ1) is 7.25. The number of nitrogens with zero attached hydrogens (tertiary/aromatic N) is 1. The van der Waals surface area contributed by atoms with Crippen LogP contribution in [0.15, 0.2) is 29.1 Å². The van der Waals surface area contributed by atoms with Gasteiger partial charge >= 0.3 is 0 Å². The summed E-state index contributed by atoms with van der Waals surface area (Å²) in [5.74, 6) is 0. The lowest BCUT2D eigenvalue weighted by atomic mass is 10.2. The van der Waals surface area contributed by atoms with Gasteiger partial charge in [0.05, 0.1) is 17.7 Å². The van der Waals surface area contributed by atoms with Crippen LogP contribution >= 0.6 is 33.9 Å². The van der Waals surface area contributed by atoms with E-state index in [0.717, 1.165) is 17.9 Å². The molecule has 1 aromatic carbocycles. The SMILES string of the molecule is Cc1ccc(NCc2cscn2)cc1I. The number of aromatic nitrogens is 1. The molecule has 0 bridgehead atoms. The minimum absolute atomic E-state index is 0.794. The maximum Gasteiger partial charge on any atom is 0.0795 e. The third kappa shape index (κ3) is 2.92. The predicted molar refractivity (Wildman–Crippen MR) is 73.3 cm³/mol. The molecule has 78 valence electrons. The Labute approximate surface area is 107 Å². The normalized spacial score (nSPS) is 10.3. The first-order valence-corrected chi connectivity index (χ1v) is 6.65. The molecule has 0 fully saturated rings. The van der Waals surface area contributed by atoms with Crippen LogP contribution in [0.25, 0.3) is 0 Å². The molecule has 0 aliphatic rings. The lowest BCUT2D eigenvalue weighted by Crippen LogP contribution is -1.99. The molecule has 15 heavy (non-hydrogen) atoms. The Morgan fingerprint density at radius 2 is 2.33 bits per heavy atom. The van der Waals surface area contributed by atoms with Gasteiger partial charge < -0.3 is 5.32 Å². The molecule has 0 aliphatic heterocycles. The Kier molecular flexibility index (Phi) is 3.58. The average molecular weight is 330 g/mol. The molecule has 1 aromatic heterocycles. The van der Waals surface area contributed by atoms with Crippen molar-refractivity contribution in [3.05, 3.63) is 43.9 Å². The van der Waals surface area contributed by atoms with Crippen molar-refractivity contribution in [3.8, 4) is 0 Å². The molecule has 0 unspecified atom stereocenters. The van der Waals surface area contributed by atoms with Crippen molar-refractivity contribution in [1.82, 2.24) is 4.98 Å². The van der Waals surface area contributed by atoms with Gasteiger partial charge in [0.2, 0.25) is 0 Å². The van der Waals surface area contributed by atoms with Crippen LogP contribution in [0.3, 0.4) is 0 Å².